The number of para-hydroxylation sites is 1. The van der Waals surface area contributed by atoms with Crippen molar-refractivity contribution in [1.29, 1.82) is 5.26 Å². The van der Waals surface area contributed by atoms with Crippen molar-refractivity contribution in [2.45, 2.75) is 10.8 Å². The van der Waals surface area contributed by atoms with Crippen LogP contribution in [0.1, 0.15) is 11.1 Å². The van der Waals surface area contributed by atoms with E-state index in [1.807, 2.05) is 42.5 Å². The SMILES string of the molecule is N#Cc1c(SCc2ccccc2)nc2ccccc2c1Cl. The van der Waals surface area contributed by atoms with E-state index < -0.39 is 0 Å². The molecule has 0 fully saturated rings. The molecule has 102 valence electrons. The van der Waals surface area contributed by atoms with E-state index in [1.54, 1.807) is 0 Å². The van der Waals surface area contributed by atoms with Gasteiger partial charge in [-0.3, -0.25) is 0 Å². The highest BCUT2D eigenvalue weighted by Crippen LogP contribution is 2.33. The molecule has 0 atom stereocenters. The number of thioether (sulfide) groups is 1. The molecule has 3 rings (SSSR count). The minimum absolute atomic E-state index is 0.455. The van der Waals surface area contributed by atoms with Gasteiger partial charge in [0.25, 0.3) is 0 Å². The molecule has 0 amide bonds. The van der Waals surface area contributed by atoms with Gasteiger partial charge in [-0.1, -0.05) is 60.1 Å². The van der Waals surface area contributed by atoms with Crippen LogP contribution in [-0.2, 0) is 5.75 Å². The predicted octanol–water partition coefficient (Wildman–Crippen LogP) is 5.05. The summed E-state index contributed by atoms with van der Waals surface area (Å²) in [6.45, 7) is 0. The van der Waals surface area contributed by atoms with Gasteiger partial charge in [-0.25, -0.2) is 4.98 Å². The van der Waals surface area contributed by atoms with Crippen molar-refractivity contribution in [3.05, 3.63) is 70.7 Å². The number of halogens is 1. The summed E-state index contributed by atoms with van der Waals surface area (Å²) in [7, 11) is 0. The number of fused-ring (bicyclic) bond motifs is 1. The summed E-state index contributed by atoms with van der Waals surface area (Å²) >= 11 is 7.89. The zero-order valence-electron chi connectivity index (χ0n) is 11.1. The molecule has 0 saturated carbocycles. The summed E-state index contributed by atoms with van der Waals surface area (Å²) in [4.78, 5) is 4.58. The van der Waals surface area contributed by atoms with E-state index in [9.17, 15) is 5.26 Å². The maximum atomic E-state index is 9.37. The molecular formula is C17H11ClN2S. The minimum Gasteiger partial charge on any atom is -0.240 e. The van der Waals surface area contributed by atoms with Crippen molar-refractivity contribution in [2.24, 2.45) is 0 Å². The van der Waals surface area contributed by atoms with E-state index in [4.69, 9.17) is 11.6 Å². The van der Waals surface area contributed by atoms with Crippen LogP contribution in [0.2, 0.25) is 5.02 Å². The van der Waals surface area contributed by atoms with Crippen molar-refractivity contribution in [2.75, 3.05) is 0 Å². The first-order valence-electron chi connectivity index (χ1n) is 6.44. The molecule has 0 aliphatic carbocycles. The number of rotatable bonds is 3. The third kappa shape index (κ3) is 2.87. The standard InChI is InChI=1S/C17H11ClN2S/c18-16-13-8-4-5-9-15(13)20-17(14(16)10-19)21-11-12-6-2-1-3-7-12/h1-9H,11H2. The largest absolute Gasteiger partial charge is 0.240 e. The lowest BCUT2D eigenvalue weighted by atomic mass is 10.2. The van der Waals surface area contributed by atoms with E-state index in [1.165, 1.54) is 17.3 Å². The summed E-state index contributed by atoms with van der Waals surface area (Å²) in [6.07, 6.45) is 0. The summed E-state index contributed by atoms with van der Waals surface area (Å²) in [5, 5.41) is 11.4. The van der Waals surface area contributed by atoms with Gasteiger partial charge in [0.05, 0.1) is 10.5 Å². The zero-order valence-corrected chi connectivity index (χ0v) is 12.7. The summed E-state index contributed by atoms with van der Waals surface area (Å²) in [5.41, 5.74) is 2.46. The number of nitriles is 1. The topological polar surface area (TPSA) is 36.7 Å². The molecule has 0 bridgehead atoms. The second-order valence-electron chi connectivity index (χ2n) is 4.51. The van der Waals surface area contributed by atoms with Gasteiger partial charge in [0, 0.05) is 11.1 Å². The van der Waals surface area contributed by atoms with E-state index in [0.29, 0.717) is 15.6 Å². The Morgan fingerprint density at radius 3 is 2.52 bits per heavy atom. The van der Waals surface area contributed by atoms with Gasteiger partial charge in [-0.2, -0.15) is 5.26 Å². The van der Waals surface area contributed by atoms with E-state index >= 15 is 0 Å². The van der Waals surface area contributed by atoms with Crippen molar-refractivity contribution in [3.63, 3.8) is 0 Å². The monoisotopic (exact) mass is 310 g/mol. The van der Waals surface area contributed by atoms with E-state index in [-0.39, 0.29) is 0 Å². The first-order chi connectivity index (χ1) is 10.3. The third-order valence-electron chi connectivity index (χ3n) is 3.13. The van der Waals surface area contributed by atoms with Crippen LogP contribution in [0.15, 0.2) is 59.6 Å². The Kier molecular flexibility index (Phi) is 4.10. The van der Waals surface area contributed by atoms with Gasteiger partial charge >= 0.3 is 0 Å². The average Bonchev–Trinajstić information content (AvgIpc) is 2.54. The fourth-order valence-electron chi connectivity index (χ4n) is 2.08. The Morgan fingerprint density at radius 2 is 1.76 bits per heavy atom. The minimum atomic E-state index is 0.455. The number of aromatic nitrogens is 1. The molecule has 2 aromatic carbocycles. The number of hydrogen-bond acceptors (Lipinski definition) is 3. The first kappa shape index (κ1) is 13.9. The highest BCUT2D eigenvalue weighted by molar-refractivity contribution is 7.98. The van der Waals surface area contributed by atoms with Crippen molar-refractivity contribution in [3.8, 4) is 6.07 Å². The van der Waals surface area contributed by atoms with Crippen LogP contribution >= 0.6 is 23.4 Å². The Morgan fingerprint density at radius 1 is 1.05 bits per heavy atom. The summed E-state index contributed by atoms with van der Waals surface area (Å²) in [6, 6.07) is 19.9. The van der Waals surface area contributed by atoms with E-state index in [0.717, 1.165) is 16.7 Å². The molecule has 21 heavy (non-hydrogen) atoms. The predicted molar refractivity (Wildman–Crippen MR) is 87.5 cm³/mol. The van der Waals surface area contributed by atoms with E-state index in [2.05, 4.69) is 23.2 Å². The molecule has 0 saturated heterocycles. The highest BCUT2D eigenvalue weighted by atomic mass is 35.5. The quantitative estimate of drug-likeness (QED) is 0.635. The zero-order chi connectivity index (χ0) is 14.7. The van der Waals surface area contributed by atoms with Gasteiger partial charge < -0.3 is 0 Å². The molecule has 0 radical (unpaired) electrons. The van der Waals surface area contributed by atoms with Crippen LogP contribution in [0.5, 0.6) is 0 Å². The molecule has 4 heteroatoms. The maximum Gasteiger partial charge on any atom is 0.116 e. The number of pyridine rings is 1. The van der Waals surface area contributed by atoms with Crippen LogP contribution in [0.4, 0.5) is 0 Å². The van der Waals surface area contributed by atoms with Crippen molar-refractivity contribution < 1.29 is 0 Å². The fourth-order valence-corrected chi connectivity index (χ4v) is 3.38. The smallest absolute Gasteiger partial charge is 0.116 e. The molecule has 0 unspecified atom stereocenters. The highest BCUT2D eigenvalue weighted by Gasteiger charge is 2.13. The van der Waals surface area contributed by atoms with Crippen LogP contribution in [-0.4, -0.2) is 4.98 Å². The Labute approximate surface area is 132 Å². The van der Waals surface area contributed by atoms with Crippen LogP contribution < -0.4 is 0 Å². The average molecular weight is 311 g/mol. The van der Waals surface area contributed by atoms with Crippen molar-refractivity contribution >= 4 is 34.3 Å². The lowest BCUT2D eigenvalue weighted by Gasteiger charge is -2.08. The Bertz CT molecular complexity index is 825. The first-order valence-corrected chi connectivity index (χ1v) is 7.81. The Hall–Kier alpha value is -2.02. The molecule has 0 aliphatic rings. The normalized spacial score (nSPS) is 10.5. The number of hydrogen-bond donors (Lipinski definition) is 0. The Balaban J connectivity index is 2.00. The summed E-state index contributed by atoms with van der Waals surface area (Å²) < 4.78 is 0. The molecular weight excluding hydrogens is 300 g/mol. The van der Waals surface area contributed by atoms with Crippen LogP contribution in [0.25, 0.3) is 10.9 Å². The third-order valence-corrected chi connectivity index (χ3v) is 4.57. The molecule has 1 heterocycles. The van der Waals surface area contributed by atoms with Crippen molar-refractivity contribution in [1.82, 2.24) is 4.98 Å². The van der Waals surface area contributed by atoms with Gasteiger partial charge in [0.15, 0.2) is 0 Å². The number of benzene rings is 2. The molecule has 0 N–H and O–H groups in total. The molecule has 0 spiro atoms. The van der Waals surface area contributed by atoms with Gasteiger partial charge in [-0.15, -0.1) is 11.8 Å². The number of nitrogens with zero attached hydrogens (tertiary/aromatic N) is 2. The molecule has 1 aromatic heterocycles. The lowest BCUT2D eigenvalue weighted by Crippen LogP contribution is -1.92. The van der Waals surface area contributed by atoms with Crippen LogP contribution in [0.3, 0.4) is 0 Å². The van der Waals surface area contributed by atoms with Gasteiger partial charge in [0.1, 0.15) is 16.7 Å². The second kappa shape index (κ2) is 6.17. The fraction of sp³-hybridized carbons (Fsp3) is 0.0588. The van der Waals surface area contributed by atoms with Gasteiger partial charge in [0.2, 0.25) is 0 Å². The molecule has 3 aromatic rings. The van der Waals surface area contributed by atoms with Gasteiger partial charge in [-0.05, 0) is 11.6 Å². The van der Waals surface area contributed by atoms with Crippen LogP contribution in [0, 0.1) is 11.3 Å². The molecule has 0 aliphatic heterocycles. The second-order valence-corrected chi connectivity index (χ2v) is 5.85. The summed E-state index contributed by atoms with van der Waals surface area (Å²) in [5.74, 6) is 0.761. The lowest BCUT2D eigenvalue weighted by molar-refractivity contribution is 1.16. The maximum absolute atomic E-state index is 9.37. The molecule has 2 nitrogen and oxygen atoms in total.